The van der Waals surface area contributed by atoms with Crippen LogP contribution < -0.4 is 15.5 Å². The van der Waals surface area contributed by atoms with Gasteiger partial charge in [-0.2, -0.15) is 0 Å². The summed E-state index contributed by atoms with van der Waals surface area (Å²) >= 11 is 0. The minimum Gasteiger partial charge on any atom is -0.369 e. The van der Waals surface area contributed by atoms with E-state index in [1.54, 1.807) is 6.92 Å². The van der Waals surface area contributed by atoms with Gasteiger partial charge in [0.2, 0.25) is 5.91 Å². The molecule has 0 spiro atoms. The number of carbonyl (C=O) groups is 3. The van der Waals surface area contributed by atoms with Crippen molar-refractivity contribution in [3.05, 3.63) is 59.7 Å². The Balaban J connectivity index is 0.000000755. The third-order valence-corrected chi connectivity index (χ3v) is 5.27. The van der Waals surface area contributed by atoms with Gasteiger partial charge < -0.3 is 25.1 Å². The fourth-order valence-electron chi connectivity index (χ4n) is 3.49. The van der Waals surface area contributed by atoms with Crippen LogP contribution in [0.15, 0.2) is 48.5 Å². The zero-order valence-electron chi connectivity index (χ0n) is 21.3. The smallest absolute Gasteiger partial charge is 0.221 e. The molecule has 3 rings (SSSR count). The van der Waals surface area contributed by atoms with Gasteiger partial charge in [0.15, 0.2) is 0 Å². The Bertz CT molecular complexity index is 768. The number of nitrogens with zero attached hydrogens (tertiary/aromatic N) is 2. The first kappa shape index (κ1) is 31.0. The van der Waals surface area contributed by atoms with Crippen molar-refractivity contribution in [3.8, 4) is 0 Å². The Hall–Kier alpha value is -3.03. The minimum absolute atomic E-state index is 0.0245. The van der Waals surface area contributed by atoms with Gasteiger partial charge in [-0.1, -0.05) is 41.5 Å². The van der Waals surface area contributed by atoms with E-state index in [2.05, 4.69) is 70.7 Å². The van der Waals surface area contributed by atoms with E-state index in [1.807, 2.05) is 32.8 Å². The van der Waals surface area contributed by atoms with Crippen molar-refractivity contribution in [2.45, 2.75) is 33.6 Å². The van der Waals surface area contributed by atoms with Gasteiger partial charge in [0.25, 0.3) is 0 Å². The zero-order valence-corrected chi connectivity index (χ0v) is 21.3. The first-order chi connectivity index (χ1) is 16.5. The maximum absolute atomic E-state index is 11.2. The molecular formula is C27H42N4O3. The summed E-state index contributed by atoms with van der Waals surface area (Å²) in [5.41, 5.74) is 4.73. The van der Waals surface area contributed by atoms with Gasteiger partial charge in [-0.05, 0) is 65.0 Å². The third-order valence-electron chi connectivity index (χ3n) is 5.27. The molecule has 2 aromatic rings. The van der Waals surface area contributed by atoms with E-state index in [9.17, 15) is 4.79 Å². The molecule has 0 atom stereocenters. The molecule has 2 aromatic carbocycles. The lowest BCUT2D eigenvalue weighted by Gasteiger charge is -2.36. The lowest BCUT2D eigenvalue weighted by atomic mass is 10.2. The van der Waals surface area contributed by atoms with E-state index in [0.717, 1.165) is 38.4 Å². The fraction of sp³-hybridized carbons (Fsp3) is 0.444. The molecule has 0 aliphatic carbocycles. The van der Waals surface area contributed by atoms with E-state index in [0.29, 0.717) is 0 Å². The Morgan fingerprint density at radius 2 is 1.44 bits per heavy atom. The Labute approximate surface area is 205 Å². The summed E-state index contributed by atoms with van der Waals surface area (Å²) in [6, 6.07) is 16.6. The molecule has 0 aromatic heterocycles. The highest BCUT2D eigenvalue weighted by Gasteiger charge is 2.16. The van der Waals surface area contributed by atoms with Crippen molar-refractivity contribution in [1.29, 1.82) is 0 Å². The number of aryl methyl sites for hydroxylation is 2. The molecule has 0 saturated carbocycles. The molecule has 1 aliphatic rings. The number of anilines is 2. The third kappa shape index (κ3) is 13.5. The molecule has 34 heavy (non-hydrogen) atoms. The summed E-state index contributed by atoms with van der Waals surface area (Å²) in [4.78, 5) is 32.1. The van der Waals surface area contributed by atoms with E-state index in [-0.39, 0.29) is 5.91 Å². The SMILES string of the molecule is C=O.C=O.CNCCCCN1CCN(c2cccc(NC(C)=O)c2)CC1.Cc1ccc(C)cc1. The second-order valence-corrected chi connectivity index (χ2v) is 8.03. The van der Waals surface area contributed by atoms with Crippen LogP contribution in [0.25, 0.3) is 0 Å². The molecule has 1 aliphatic heterocycles. The number of carbonyl (C=O) groups excluding carboxylic acids is 3. The minimum atomic E-state index is -0.0245. The summed E-state index contributed by atoms with van der Waals surface area (Å²) in [6.07, 6.45) is 2.51. The van der Waals surface area contributed by atoms with Crippen molar-refractivity contribution in [2.75, 3.05) is 56.5 Å². The second kappa shape index (κ2) is 19.4. The normalized spacial score (nSPS) is 12.6. The van der Waals surface area contributed by atoms with E-state index in [1.165, 1.54) is 36.2 Å². The van der Waals surface area contributed by atoms with Crippen LogP contribution in [0, 0.1) is 13.8 Å². The molecule has 7 nitrogen and oxygen atoms in total. The molecule has 1 amide bonds. The monoisotopic (exact) mass is 470 g/mol. The number of piperazine rings is 1. The highest BCUT2D eigenvalue weighted by atomic mass is 16.1. The Morgan fingerprint density at radius 3 is 1.94 bits per heavy atom. The molecule has 1 saturated heterocycles. The predicted molar refractivity (Wildman–Crippen MR) is 143 cm³/mol. The largest absolute Gasteiger partial charge is 0.369 e. The Kier molecular flexibility index (Phi) is 17.7. The molecule has 0 unspecified atom stereocenters. The standard InChI is InChI=1S/C17H28N4O.C8H10.2CH2O/c1-15(22)19-16-6-5-7-17(14-16)21-12-10-20(11-13-21)9-4-3-8-18-2;1-7-3-5-8(2)6-4-7;2*1-2/h5-7,14,18H,3-4,8-13H2,1-2H3,(H,19,22);3-6H,1-2H3;2*1H2. The molecule has 7 heteroatoms. The van der Waals surface area contributed by atoms with Gasteiger partial charge in [0, 0.05) is 44.5 Å². The van der Waals surface area contributed by atoms with Gasteiger partial charge in [0.05, 0.1) is 0 Å². The number of amides is 1. The van der Waals surface area contributed by atoms with Crippen LogP contribution in [0.1, 0.15) is 30.9 Å². The summed E-state index contributed by atoms with van der Waals surface area (Å²) in [7, 11) is 2.01. The topological polar surface area (TPSA) is 81.8 Å². The Morgan fingerprint density at radius 1 is 0.882 bits per heavy atom. The second-order valence-electron chi connectivity index (χ2n) is 8.03. The summed E-state index contributed by atoms with van der Waals surface area (Å²) < 4.78 is 0. The highest BCUT2D eigenvalue weighted by molar-refractivity contribution is 5.89. The molecule has 0 bridgehead atoms. The van der Waals surface area contributed by atoms with Crippen LogP contribution >= 0.6 is 0 Å². The maximum Gasteiger partial charge on any atom is 0.221 e. The summed E-state index contributed by atoms with van der Waals surface area (Å²) in [5, 5.41) is 6.05. The van der Waals surface area contributed by atoms with Crippen molar-refractivity contribution in [2.24, 2.45) is 0 Å². The average molecular weight is 471 g/mol. The van der Waals surface area contributed by atoms with Crippen LogP contribution in [-0.2, 0) is 14.4 Å². The van der Waals surface area contributed by atoms with Crippen LogP contribution in [0.4, 0.5) is 11.4 Å². The average Bonchev–Trinajstić information content (AvgIpc) is 2.87. The first-order valence-electron chi connectivity index (χ1n) is 11.6. The number of rotatable bonds is 7. The summed E-state index contributed by atoms with van der Waals surface area (Å²) in [6.45, 7) is 16.4. The maximum atomic E-state index is 11.2. The van der Waals surface area contributed by atoms with Gasteiger partial charge >= 0.3 is 0 Å². The molecule has 188 valence electrons. The number of unbranched alkanes of at least 4 members (excludes halogenated alkanes) is 1. The van der Waals surface area contributed by atoms with Gasteiger partial charge in [-0.15, -0.1) is 0 Å². The van der Waals surface area contributed by atoms with Crippen LogP contribution in [-0.4, -0.2) is 70.7 Å². The van der Waals surface area contributed by atoms with Crippen molar-refractivity contribution >= 4 is 30.9 Å². The lowest BCUT2D eigenvalue weighted by Crippen LogP contribution is -2.46. The number of benzene rings is 2. The lowest BCUT2D eigenvalue weighted by molar-refractivity contribution is -0.114. The summed E-state index contributed by atoms with van der Waals surface area (Å²) in [5.74, 6) is -0.0245. The van der Waals surface area contributed by atoms with Crippen LogP contribution in [0.5, 0.6) is 0 Å². The molecule has 0 radical (unpaired) electrons. The van der Waals surface area contributed by atoms with E-state index >= 15 is 0 Å². The van der Waals surface area contributed by atoms with Crippen molar-refractivity contribution in [1.82, 2.24) is 10.2 Å². The number of hydrogen-bond acceptors (Lipinski definition) is 6. The highest BCUT2D eigenvalue weighted by Crippen LogP contribution is 2.21. The molecule has 2 N–H and O–H groups in total. The molecule has 1 heterocycles. The van der Waals surface area contributed by atoms with Gasteiger partial charge in [-0.25, -0.2) is 0 Å². The number of hydrogen-bond donors (Lipinski definition) is 2. The number of nitrogens with one attached hydrogen (secondary N) is 2. The molecular weight excluding hydrogens is 428 g/mol. The van der Waals surface area contributed by atoms with Crippen LogP contribution in [0.3, 0.4) is 0 Å². The van der Waals surface area contributed by atoms with Crippen molar-refractivity contribution in [3.63, 3.8) is 0 Å². The van der Waals surface area contributed by atoms with E-state index in [4.69, 9.17) is 9.59 Å². The predicted octanol–water partition coefficient (Wildman–Crippen LogP) is 3.70. The zero-order chi connectivity index (χ0) is 25.8. The van der Waals surface area contributed by atoms with Crippen LogP contribution in [0.2, 0.25) is 0 Å². The van der Waals surface area contributed by atoms with Gasteiger partial charge in [-0.3, -0.25) is 9.69 Å². The van der Waals surface area contributed by atoms with Crippen molar-refractivity contribution < 1.29 is 14.4 Å². The van der Waals surface area contributed by atoms with E-state index < -0.39 is 0 Å². The quantitative estimate of drug-likeness (QED) is 0.601. The first-order valence-corrected chi connectivity index (χ1v) is 11.6. The van der Waals surface area contributed by atoms with Gasteiger partial charge in [0.1, 0.15) is 13.6 Å². The molecule has 1 fully saturated rings. The fourth-order valence-corrected chi connectivity index (χ4v) is 3.49.